The van der Waals surface area contributed by atoms with Crippen LogP contribution in [0.1, 0.15) is 80.9 Å². The van der Waals surface area contributed by atoms with E-state index in [-0.39, 0.29) is 17.4 Å². The van der Waals surface area contributed by atoms with E-state index in [1.807, 2.05) is 24.3 Å². The maximum absolute atomic E-state index is 13.0. The van der Waals surface area contributed by atoms with Crippen LogP contribution in [0.25, 0.3) is 0 Å². The predicted octanol–water partition coefficient (Wildman–Crippen LogP) is 5.73. The van der Waals surface area contributed by atoms with E-state index in [4.69, 9.17) is 4.74 Å². The van der Waals surface area contributed by atoms with Gasteiger partial charge in [0, 0.05) is 6.54 Å². The number of amides is 1. The molecule has 2 aromatic carbocycles. The summed E-state index contributed by atoms with van der Waals surface area (Å²) in [5, 5.41) is 3.20. The molecule has 168 valence electrons. The molecule has 1 amide bonds. The number of carbonyl (C=O) groups is 1. The van der Waals surface area contributed by atoms with Crippen molar-refractivity contribution in [3.05, 3.63) is 65.2 Å². The average Bonchev–Trinajstić information content (AvgIpc) is 2.78. The zero-order valence-corrected chi connectivity index (χ0v) is 19.6. The van der Waals surface area contributed by atoms with E-state index in [9.17, 15) is 4.79 Å². The SMILES string of the molecule is CCCOc1ccccc1C(=O)NCC(c1ccc(C(C)(C)C)cc1)N1CCCCC1. The summed E-state index contributed by atoms with van der Waals surface area (Å²) < 4.78 is 5.79. The number of benzene rings is 2. The first-order valence-corrected chi connectivity index (χ1v) is 11.7. The Bertz CT molecular complexity index is 833. The Balaban J connectivity index is 1.76. The Morgan fingerprint density at radius 1 is 1.03 bits per heavy atom. The van der Waals surface area contributed by atoms with E-state index in [0.717, 1.165) is 19.5 Å². The highest BCUT2D eigenvalue weighted by Gasteiger charge is 2.24. The van der Waals surface area contributed by atoms with Crippen LogP contribution >= 0.6 is 0 Å². The zero-order chi connectivity index (χ0) is 22.3. The molecular formula is C27H38N2O2. The van der Waals surface area contributed by atoms with E-state index < -0.39 is 0 Å². The number of para-hydroxylation sites is 1. The van der Waals surface area contributed by atoms with Gasteiger partial charge in [0.25, 0.3) is 5.91 Å². The quantitative estimate of drug-likeness (QED) is 0.591. The fraction of sp³-hybridized carbons (Fsp3) is 0.519. The lowest BCUT2D eigenvalue weighted by atomic mass is 9.86. The molecule has 2 aromatic rings. The number of ether oxygens (including phenoxy) is 1. The van der Waals surface area contributed by atoms with Gasteiger partial charge < -0.3 is 10.1 Å². The Labute approximate surface area is 188 Å². The molecule has 0 saturated carbocycles. The molecule has 4 heteroatoms. The van der Waals surface area contributed by atoms with Crippen molar-refractivity contribution in [1.29, 1.82) is 0 Å². The molecule has 1 aliphatic rings. The molecule has 0 spiro atoms. The number of nitrogens with zero attached hydrogens (tertiary/aromatic N) is 1. The van der Waals surface area contributed by atoms with Gasteiger partial charge in [-0.2, -0.15) is 0 Å². The molecule has 0 aliphatic carbocycles. The van der Waals surface area contributed by atoms with E-state index in [0.29, 0.717) is 24.5 Å². The van der Waals surface area contributed by atoms with Gasteiger partial charge in [0.2, 0.25) is 0 Å². The van der Waals surface area contributed by atoms with Crippen molar-refractivity contribution >= 4 is 5.91 Å². The molecule has 1 aliphatic heterocycles. The van der Waals surface area contributed by atoms with Crippen LogP contribution in [0.2, 0.25) is 0 Å². The number of carbonyl (C=O) groups excluding carboxylic acids is 1. The average molecular weight is 423 g/mol. The van der Waals surface area contributed by atoms with Crippen LogP contribution in [-0.4, -0.2) is 37.0 Å². The van der Waals surface area contributed by atoms with Gasteiger partial charge in [-0.15, -0.1) is 0 Å². The molecule has 0 radical (unpaired) electrons. The first-order chi connectivity index (χ1) is 14.9. The molecule has 1 atom stereocenters. The molecule has 31 heavy (non-hydrogen) atoms. The number of hydrogen-bond acceptors (Lipinski definition) is 3. The van der Waals surface area contributed by atoms with E-state index in [1.165, 1.54) is 30.4 Å². The van der Waals surface area contributed by atoms with Gasteiger partial charge in [0.15, 0.2) is 0 Å². The third-order valence-electron chi connectivity index (χ3n) is 6.04. The summed E-state index contributed by atoms with van der Waals surface area (Å²) >= 11 is 0. The van der Waals surface area contributed by atoms with Crippen LogP contribution < -0.4 is 10.1 Å². The molecule has 1 fully saturated rings. The minimum Gasteiger partial charge on any atom is -0.493 e. The highest BCUT2D eigenvalue weighted by Crippen LogP contribution is 2.28. The normalized spacial score (nSPS) is 16.0. The minimum atomic E-state index is -0.0694. The first-order valence-electron chi connectivity index (χ1n) is 11.7. The van der Waals surface area contributed by atoms with Gasteiger partial charge in [0.1, 0.15) is 5.75 Å². The molecule has 0 aromatic heterocycles. The van der Waals surface area contributed by atoms with Crippen molar-refractivity contribution in [3.63, 3.8) is 0 Å². The van der Waals surface area contributed by atoms with Crippen LogP contribution in [0, 0.1) is 0 Å². The maximum Gasteiger partial charge on any atom is 0.255 e. The monoisotopic (exact) mass is 422 g/mol. The second-order valence-electron chi connectivity index (χ2n) is 9.54. The van der Waals surface area contributed by atoms with Gasteiger partial charge in [0.05, 0.1) is 18.2 Å². The summed E-state index contributed by atoms with van der Waals surface area (Å²) in [6.45, 7) is 12.1. The number of rotatable bonds is 8. The van der Waals surface area contributed by atoms with Crippen LogP contribution in [0.3, 0.4) is 0 Å². The van der Waals surface area contributed by atoms with Crippen molar-refractivity contribution in [2.75, 3.05) is 26.2 Å². The van der Waals surface area contributed by atoms with Crippen LogP contribution in [0.4, 0.5) is 0 Å². The van der Waals surface area contributed by atoms with E-state index in [1.54, 1.807) is 0 Å². The summed E-state index contributed by atoms with van der Waals surface area (Å²) in [4.78, 5) is 15.5. The first kappa shape index (κ1) is 23.3. The van der Waals surface area contributed by atoms with Crippen molar-refractivity contribution < 1.29 is 9.53 Å². The summed E-state index contributed by atoms with van der Waals surface area (Å²) in [6, 6.07) is 16.7. The predicted molar refractivity (Wildman–Crippen MR) is 128 cm³/mol. The minimum absolute atomic E-state index is 0.0694. The Hall–Kier alpha value is -2.33. The number of nitrogens with one attached hydrogen (secondary N) is 1. The summed E-state index contributed by atoms with van der Waals surface area (Å²) in [7, 11) is 0. The lowest BCUT2D eigenvalue weighted by Gasteiger charge is -2.35. The van der Waals surface area contributed by atoms with Crippen molar-refractivity contribution in [2.45, 2.75) is 64.8 Å². The summed E-state index contributed by atoms with van der Waals surface area (Å²) in [6.07, 6.45) is 4.65. The molecule has 1 heterocycles. The molecule has 1 N–H and O–H groups in total. The molecule has 1 saturated heterocycles. The number of piperidine rings is 1. The largest absolute Gasteiger partial charge is 0.493 e. The van der Waals surface area contributed by atoms with Crippen molar-refractivity contribution in [3.8, 4) is 5.75 Å². The number of likely N-dealkylation sites (tertiary alicyclic amines) is 1. The highest BCUT2D eigenvalue weighted by atomic mass is 16.5. The third-order valence-corrected chi connectivity index (χ3v) is 6.04. The van der Waals surface area contributed by atoms with Gasteiger partial charge in [-0.1, -0.05) is 70.5 Å². The fourth-order valence-electron chi connectivity index (χ4n) is 4.17. The standard InChI is InChI=1S/C27H38N2O2/c1-5-19-31-25-12-8-7-11-23(25)26(30)28-20-24(29-17-9-6-10-18-29)21-13-15-22(16-14-21)27(2,3)4/h7-8,11-16,24H,5-6,9-10,17-20H2,1-4H3,(H,28,30). The van der Waals surface area contributed by atoms with E-state index >= 15 is 0 Å². The smallest absolute Gasteiger partial charge is 0.255 e. The highest BCUT2D eigenvalue weighted by molar-refractivity contribution is 5.96. The summed E-state index contributed by atoms with van der Waals surface area (Å²) in [5.74, 6) is 0.589. The third kappa shape index (κ3) is 6.33. The van der Waals surface area contributed by atoms with Gasteiger partial charge in [-0.3, -0.25) is 9.69 Å². The Kier molecular flexibility index (Phi) is 8.14. The molecule has 3 rings (SSSR count). The topological polar surface area (TPSA) is 41.6 Å². The van der Waals surface area contributed by atoms with E-state index in [2.05, 4.69) is 62.2 Å². The zero-order valence-electron chi connectivity index (χ0n) is 19.6. The summed E-state index contributed by atoms with van der Waals surface area (Å²) in [5.41, 5.74) is 3.34. The van der Waals surface area contributed by atoms with Gasteiger partial charge >= 0.3 is 0 Å². The molecule has 4 nitrogen and oxygen atoms in total. The number of hydrogen-bond donors (Lipinski definition) is 1. The second kappa shape index (κ2) is 10.8. The molecule has 1 unspecified atom stereocenters. The van der Waals surface area contributed by atoms with Crippen molar-refractivity contribution in [2.24, 2.45) is 0 Å². The van der Waals surface area contributed by atoms with Gasteiger partial charge in [-0.05, 0) is 61.0 Å². The van der Waals surface area contributed by atoms with Crippen LogP contribution in [0.5, 0.6) is 5.75 Å². The van der Waals surface area contributed by atoms with Crippen LogP contribution in [0.15, 0.2) is 48.5 Å². The second-order valence-corrected chi connectivity index (χ2v) is 9.54. The fourth-order valence-corrected chi connectivity index (χ4v) is 4.17. The van der Waals surface area contributed by atoms with Crippen LogP contribution in [-0.2, 0) is 5.41 Å². The Morgan fingerprint density at radius 2 is 1.71 bits per heavy atom. The maximum atomic E-state index is 13.0. The lowest BCUT2D eigenvalue weighted by Crippen LogP contribution is -2.40. The van der Waals surface area contributed by atoms with Gasteiger partial charge in [-0.25, -0.2) is 0 Å². The Morgan fingerprint density at radius 3 is 2.35 bits per heavy atom. The van der Waals surface area contributed by atoms with Crippen molar-refractivity contribution in [1.82, 2.24) is 10.2 Å². The molecular weight excluding hydrogens is 384 g/mol. The molecule has 0 bridgehead atoms. The lowest BCUT2D eigenvalue weighted by molar-refractivity contribution is 0.0920.